The number of benzene rings is 1. The molecule has 1 amide bonds. The molecule has 5 nitrogen and oxygen atoms in total. The Morgan fingerprint density at radius 2 is 1.70 bits per heavy atom. The molecule has 0 saturated heterocycles. The van der Waals surface area contributed by atoms with Gasteiger partial charge in [-0.1, -0.05) is 0 Å². The lowest BCUT2D eigenvalue weighted by molar-refractivity contribution is -0.120. The normalized spacial score (nSPS) is 27.9. The highest BCUT2D eigenvalue weighted by Crippen LogP contribution is 2.54. The van der Waals surface area contributed by atoms with Crippen LogP contribution in [-0.2, 0) is 14.8 Å². The van der Waals surface area contributed by atoms with Crippen molar-refractivity contribution in [2.24, 2.45) is 17.8 Å². The molecule has 0 heterocycles. The van der Waals surface area contributed by atoms with Crippen molar-refractivity contribution in [3.63, 3.8) is 0 Å². The highest BCUT2D eigenvalue weighted by molar-refractivity contribution is 7.89. The molecule has 0 aromatic heterocycles. The second-order valence-corrected chi connectivity index (χ2v) is 7.53. The summed E-state index contributed by atoms with van der Waals surface area (Å²) in [5.41, 5.74) is 0.644. The predicted molar refractivity (Wildman–Crippen MR) is 75.6 cm³/mol. The number of nitrogens with one attached hydrogen (secondary N) is 2. The Labute approximate surface area is 118 Å². The molecule has 2 N–H and O–H groups in total. The van der Waals surface area contributed by atoms with Crippen LogP contribution in [0.5, 0.6) is 0 Å². The van der Waals surface area contributed by atoms with Gasteiger partial charge in [0.15, 0.2) is 0 Å². The second kappa shape index (κ2) is 4.86. The molecule has 20 heavy (non-hydrogen) atoms. The van der Waals surface area contributed by atoms with Gasteiger partial charge in [-0.05, 0) is 62.4 Å². The number of amides is 1. The van der Waals surface area contributed by atoms with Gasteiger partial charge in [0.25, 0.3) is 0 Å². The molecule has 2 unspecified atom stereocenters. The summed E-state index contributed by atoms with van der Waals surface area (Å²) in [4.78, 5) is 12.3. The lowest BCUT2D eigenvalue weighted by Gasteiger charge is -2.12. The fourth-order valence-corrected chi connectivity index (χ4v) is 3.74. The molecular weight excluding hydrogens is 276 g/mol. The van der Waals surface area contributed by atoms with E-state index in [9.17, 15) is 13.2 Å². The van der Waals surface area contributed by atoms with E-state index in [0.717, 1.165) is 24.7 Å². The summed E-state index contributed by atoms with van der Waals surface area (Å²) in [5, 5.41) is 2.87. The number of anilines is 1. The van der Waals surface area contributed by atoms with Crippen molar-refractivity contribution in [1.29, 1.82) is 0 Å². The maximum atomic E-state index is 12.1. The Morgan fingerprint density at radius 1 is 1.10 bits per heavy atom. The van der Waals surface area contributed by atoms with Crippen LogP contribution >= 0.6 is 0 Å². The zero-order chi connectivity index (χ0) is 14.3. The van der Waals surface area contributed by atoms with Gasteiger partial charge in [-0.15, -0.1) is 0 Å². The molecule has 2 atom stereocenters. The molecule has 2 fully saturated rings. The zero-order valence-corrected chi connectivity index (χ0v) is 12.1. The monoisotopic (exact) mass is 294 g/mol. The molecule has 0 radical (unpaired) electrons. The van der Waals surface area contributed by atoms with Gasteiger partial charge in [-0.25, -0.2) is 13.1 Å². The molecule has 0 spiro atoms. The summed E-state index contributed by atoms with van der Waals surface area (Å²) in [6.07, 6.45) is 3.30. The number of carbonyl (C=O) groups excluding carboxylic acids is 1. The van der Waals surface area contributed by atoms with Gasteiger partial charge in [0.2, 0.25) is 15.9 Å². The molecule has 2 saturated carbocycles. The van der Waals surface area contributed by atoms with Gasteiger partial charge in [0.1, 0.15) is 0 Å². The highest BCUT2D eigenvalue weighted by Gasteiger charge is 2.47. The Bertz CT molecular complexity index is 614. The predicted octanol–water partition coefficient (Wildman–Crippen LogP) is 1.58. The fraction of sp³-hybridized carbons (Fsp3) is 0.500. The van der Waals surface area contributed by atoms with Crippen molar-refractivity contribution in [3.8, 4) is 0 Å². The fourth-order valence-electron chi connectivity index (χ4n) is 3.01. The number of hydrogen-bond donors (Lipinski definition) is 2. The van der Waals surface area contributed by atoms with Crippen molar-refractivity contribution in [1.82, 2.24) is 4.72 Å². The first kappa shape index (κ1) is 13.6. The van der Waals surface area contributed by atoms with Crippen LogP contribution in [0.2, 0.25) is 0 Å². The van der Waals surface area contributed by atoms with Crippen molar-refractivity contribution in [2.75, 3.05) is 12.4 Å². The average Bonchev–Trinajstić information content (AvgIpc) is 3.05. The van der Waals surface area contributed by atoms with Crippen molar-refractivity contribution in [2.45, 2.75) is 24.2 Å². The first-order valence-electron chi connectivity index (χ1n) is 6.84. The van der Waals surface area contributed by atoms with Crippen LogP contribution < -0.4 is 10.0 Å². The summed E-state index contributed by atoms with van der Waals surface area (Å²) in [6.45, 7) is 0. The van der Waals surface area contributed by atoms with Gasteiger partial charge >= 0.3 is 0 Å². The third kappa shape index (κ3) is 2.58. The van der Waals surface area contributed by atoms with E-state index >= 15 is 0 Å². The average molecular weight is 294 g/mol. The Hall–Kier alpha value is -1.40. The van der Waals surface area contributed by atoms with E-state index in [-0.39, 0.29) is 16.7 Å². The molecule has 108 valence electrons. The summed E-state index contributed by atoms with van der Waals surface area (Å²) in [7, 11) is -2.05. The third-order valence-electron chi connectivity index (χ3n) is 4.32. The minimum atomic E-state index is -3.42. The Morgan fingerprint density at radius 3 is 2.25 bits per heavy atom. The summed E-state index contributed by atoms with van der Waals surface area (Å²) < 4.78 is 25.4. The maximum absolute atomic E-state index is 12.1. The van der Waals surface area contributed by atoms with E-state index < -0.39 is 10.0 Å². The number of carbonyl (C=O) groups is 1. The first-order chi connectivity index (χ1) is 9.49. The third-order valence-corrected chi connectivity index (χ3v) is 5.75. The maximum Gasteiger partial charge on any atom is 0.240 e. The second-order valence-electron chi connectivity index (χ2n) is 5.65. The van der Waals surface area contributed by atoms with E-state index in [1.165, 1.54) is 25.6 Å². The van der Waals surface area contributed by atoms with Gasteiger partial charge in [-0.3, -0.25) is 4.79 Å². The molecular formula is C14H18N2O3S. The molecule has 2 aliphatic carbocycles. The van der Waals surface area contributed by atoms with Crippen molar-refractivity contribution in [3.05, 3.63) is 24.3 Å². The quantitative estimate of drug-likeness (QED) is 0.885. The van der Waals surface area contributed by atoms with Gasteiger partial charge in [0.05, 0.1) is 4.90 Å². The van der Waals surface area contributed by atoms with Crippen LogP contribution in [0.15, 0.2) is 29.2 Å². The van der Waals surface area contributed by atoms with Crippen molar-refractivity contribution < 1.29 is 13.2 Å². The number of rotatable bonds is 4. The van der Waals surface area contributed by atoms with Crippen molar-refractivity contribution >= 4 is 21.6 Å². The molecule has 2 aliphatic rings. The van der Waals surface area contributed by atoms with Crippen LogP contribution in [-0.4, -0.2) is 21.4 Å². The molecule has 3 rings (SSSR count). The van der Waals surface area contributed by atoms with Crippen LogP contribution in [0, 0.1) is 17.8 Å². The topological polar surface area (TPSA) is 75.3 Å². The molecule has 6 heteroatoms. The van der Waals surface area contributed by atoms with Gasteiger partial charge in [-0.2, -0.15) is 0 Å². The molecule has 1 aromatic rings. The molecule has 1 aromatic carbocycles. The minimum Gasteiger partial charge on any atom is -0.326 e. The first-order valence-corrected chi connectivity index (χ1v) is 8.32. The number of hydrogen-bond acceptors (Lipinski definition) is 3. The molecule has 0 aliphatic heterocycles. The van der Waals surface area contributed by atoms with E-state index in [1.807, 2.05) is 0 Å². The van der Waals surface area contributed by atoms with Crippen LogP contribution in [0.25, 0.3) is 0 Å². The van der Waals surface area contributed by atoms with E-state index in [4.69, 9.17) is 0 Å². The standard InChI is InChI=1S/C14H18N2O3S/c1-15-20(18,19)13-4-2-12(3-5-13)16-14(17)11-7-9-6-10(9)8-11/h2-5,9-11,15H,6-8H2,1H3,(H,16,17). The van der Waals surface area contributed by atoms with Crippen LogP contribution in [0.3, 0.4) is 0 Å². The highest BCUT2D eigenvalue weighted by atomic mass is 32.2. The van der Waals surface area contributed by atoms with E-state index in [1.54, 1.807) is 12.1 Å². The zero-order valence-electron chi connectivity index (χ0n) is 11.3. The Kier molecular flexibility index (Phi) is 3.30. The smallest absolute Gasteiger partial charge is 0.240 e. The van der Waals surface area contributed by atoms with E-state index in [0.29, 0.717) is 5.69 Å². The Balaban J connectivity index is 1.64. The van der Waals surface area contributed by atoms with Crippen LogP contribution in [0.1, 0.15) is 19.3 Å². The van der Waals surface area contributed by atoms with Gasteiger partial charge < -0.3 is 5.32 Å². The lowest BCUT2D eigenvalue weighted by atomic mass is 10.0. The van der Waals surface area contributed by atoms with Crippen LogP contribution in [0.4, 0.5) is 5.69 Å². The summed E-state index contributed by atoms with van der Waals surface area (Å²) in [6, 6.07) is 6.23. The SMILES string of the molecule is CNS(=O)(=O)c1ccc(NC(=O)C2CC3CC3C2)cc1. The number of sulfonamides is 1. The minimum absolute atomic E-state index is 0.0569. The molecule has 0 bridgehead atoms. The van der Waals surface area contributed by atoms with E-state index in [2.05, 4.69) is 10.0 Å². The largest absolute Gasteiger partial charge is 0.326 e. The summed E-state index contributed by atoms with van der Waals surface area (Å²) in [5.74, 6) is 1.73. The number of fused-ring (bicyclic) bond motifs is 1. The van der Waals surface area contributed by atoms with Gasteiger partial charge in [0, 0.05) is 11.6 Å². The summed E-state index contributed by atoms with van der Waals surface area (Å²) >= 11 is 0. The lowest BCUT2D eigenvalue weighted by Crippen LogP contribution is -2.22.